The number of ether oxygens (including phenoxy) is 2. The Morgan fingerprint density at radius 2 is 1.59 bits per heavy atom. The molecule has 0 fully saturated rings. The number of carbonyl (C=O) groups excluding carboxylic acids is 2. The quantitative estimate of drug-likeness (QED) is 0.808. The maximum Gasteiger partial charge on any atom is 0.341 e. The van der Waals surface area contributed by atoms with Gasteiger partial charge in [0.05, 0.1) is 19.8 Å². The molecule has 1 aromatic carbocycles. The SMILES string of the molecule is CCc1c(C(=O)OC)ccc(C(=O)OC)c1O. The fraction of sp³-hybridized carbons (Fsp3) is 0.333. The Labute approximate surface area is 99.0 Å². The maximum atomic E-state index is 11.4. The Morgan fingerprint density at radius 1 is 1.12 bits per heavy atom. The molecule has 1 aromatic rings. The Balaban J connectivity index is 3.36. The van der Waals surface area contributed by atoms with Crippen LogP contribution in [0.3, 0.4) is 0 Å². The van der Waals surface area contributed by atoms with Gasteiger partial charge in [-0.05, 0) is 18.6 Å². The Morgan fingerprint density at radius 3 is 2.06 bits per heavy atom. The van der Waals surface area contributed by atoms with E-state index in [-0.39, 0.29) is 16.9 Å². The highest BCUT2D eigenvalue weighted by molar-refractivity contribution is 5.97. The van der Waals surface area contributed by atoms with Crippen molar-refractivity contribution in [1.29, 1.82) is 0 Å². The van der Waals surface area contributed by atoms with Crippen LogP contribution in [0.5, 0.6) is 5.75 Å². The molecule has 5 heteroatoms. The molecule has 1 N–H and O–H groups in total. The number of methoxy groups -OCH3 is 2. The third kappa shape index (κ3) is 2.38. The second-order valence-electron chi connectivity index (χ2n) is 3.32. The zero-order valence-corrected chi connectivity index (χ0v) is 9.94. The van der Waals surface area contributed by atoms with Crippen LogP contribution in [0.1, 0.15) is 33.2 Å². The van der Waals surface area contributed by atoms with E-state index < -0.39 is 11.9 Å². The van der Waals surface area contributed by atoms with Crippen molar-refractivity contribution in [2.75, 3.05) is 14.2 Å². The normalized spacial score (nSPS) is 9.82. The van der Waals surface area contributed by atoms with Crippen molar-refractivity contribution in [3.05, 3.63) is 28.8 Å². The zero-order valence-electron chi connectivity index (χ0n) is 9.94. The lowest BCUT2D eigenvalue weighted by Gasteiger charge is -2.11. The van der Waals surface area contributed by atoms with Crippen LogP contribution in [0, 0.1) is 0 Å². The van der Waals surface area contributed by atoms with Gasteiger partial charge in [0.1, 0.15) is 11.3 Å². The molecule has 0 aliphatic heterocycles. The third-order valence-electron chi connectivity index (χ3n) is 2.45. The summed E-state index contributed by atoms with van der Waals surface area (Å²) >= 11 is 0. The molecule has 1 rings (SSSR count). The minimum atomic E-state index is -0.645. The molecule has 5 nitrogen and oxygen atoms in total. The first kappa shape index (κ1) is 13.0. The van der Waals surface area contributed by atoms with Crippen LogP contribution in [0.15, 0.2) is 12.1 Å². The highest BCUT2D eigenvalue weighted by Gasteiger charge is 2.20. The van der Waals surface area contributed by atoms with Crippen LogP contribution in [0.2, 0.25) is 0 Å². The lowest BCUT2D eigenvalue weighted by atomic mass is 10.00. The summed E-state index contributed by atoms with van der Waals surface area (Å²) in [6.07, 6.45) is 0.404. The molecule has 0 aliphatic rings. The zero-order chi connectivity index (χ0) is 13.0. The molecule has 0 radical (unpaired) electrons. The van der Waals surface area contributed by atoms with Crippen LogP contribution < -0.4 is 0 Å². The van der Waals surface area contributed by atoms with Gasteiger partial charge in [0.2, 0.25) is 0 Å². The monoisotopic (exact) mass is 238 g/mol. The highest BCUT2D eigenvalue weighted by Crippen LogP contribution is 2.27. The summed E-state index contributed by atoms with van der Waals surface area (Å²) in [5.41, 5.74) is 0.664. The van der Waals surface area contributed by atoms with Gasteiger partial charge < -0.3 is 14.6 Å². The van der Waals surface area contributed by atoms with Gasteiger partial charge in [-0.25, -0.2) is 9.59 Å². The standard InChI is InChI=1S/C12H14O5/c1-4-7-8(11(14)16-2)5-6-9(10(7)13)12(15)17-3/h5-6,13H,4H2,1-3H3. The van der Waals surface area contributed by atoms with E-state index >= 15 is 0 Å². The average Bonchev–Trinajstić information content (AvgIpc) is 2.36. The average molecular weight is 238 g/mol. The summed E-state index contributed by atoms with van der Waals surface area (Å²) in [6, 6.07) is 2.78. The maximum absolute atomic E-state index is 11.4. The summed E-state index contributed by atoms with van der Waals surface area (Å²) in [5.74, 6) is -1.43. The van der Waals surface area contributed by atoms with Crippen molar-refractivity contribution in [2.45, 2.75) is 13.3 Å². The number of phenols is 1. The number of hydrogen-bond donors (Lipinski definition) is 1. The largest absolute Gasteiger partial charge is 0.507 e. The number of benzene rings is 1. The third-order valence-corrected chi connectivity index (χ3v) is 2.45. The fourth-order valence-corrected chi connectivity index (χ4v) is 1.57. The van der Waals surface area contributed by atoms with Crippen LogP contribution in [-0.2, 0) is 15.9 Å². The molecule has 0 unspecified atom stereocenters. The van der Waals surface area contributed by atoms with Crippen molar-refractivity contribution in [2.24, 2.45) is 0 Å². The predicted octanol–water partition coefficient (Wildman–Crippen LogP) is 1.53. The van der Waals surface area contributed by atoms with Crippen LogP contribution >= 0.6 is 0 Å². The van der Waals surface area contributed by atoms with Crippen LogP contribution in [0.25, 0.3) is 0 Å². The number of aromatic hydroxyl groups is 1. The van der Waals surface area contributed by atoms with Crippen molar-refractivity contribution < 1.29 is 24.2 Å². The van der Waals surface area contributed by atoms with Crippen LogP contribution in [-0.4, -0.2) is 31.3 Å². The first-order valence-electron chi connectivity index (χ1n) is 5.08. The van der Waals surface area contributed by atoms with E-state index in [4.69, 9.17) is 0 Å². The number of carbonyl (C=O) groups is 2. The van der Waals surface area contributed by atoms with E-state index in [2.05, 4.69) is 9.47 Å². The first-order valence-corrected chi connectivity index (χ1v) is 5.08. The second-order valence-corrected chi connectivity index (χ2v) is 3.32. The molecule has 0 amide bonds. The van der Waals surface area contributed by atoms with Gasteiger partial charge in [0.15, 0.2) is 0 Å². The number of phenolic OH excluding ortho intramolecular Hbond substituents is 1. The van der Waals surface area contributed by atoms with Crippen LogP contribution in [0.4, 0.5) is 0 Å². The minimum absolute atomic E-state index is 0.0389. The molecular formula is C12H14O5. The first-order chi connectivity index (χ1) is 8.06. The van der Waals surface area contributed by atoms with E-state index in [1.54, 1.807) is 6.92 Å². The highest BCUT2D eigenvalue weighted by atomic mass is 16.5. The summed E-state index contributed by atoms with van der Waals surface area (Å²) in [5, 5.41) is 9.91. The van der Waals surface area contributed by atoms with Gasteiger partial charge >= 0.3 is 11.9 Å². The van der Waals surface area contributed by atoms with Crippen molar-refractivity contribution in [1.82, 2.24) is 0 Å². The van der Waals surface area contributed by atoms with Gasteiger partial charge in [-0.2, -0.15) is 0 Å². The molecule has 0 atom stereocenters. The van der Waals surface area contributed by atoms with Gasteiger partial charge in [-0.15, -0.1) is 0 Å². The van der Waals surface area contributed by atoms with Crippen molar-refractivity contribution in [3.63, 3.8) is 0 Å². The van der Waals surface area contributed by atoms with E-state index in [0.717, 1.165) is 0 Å². The fourth-order valence-electron chi connectivity index (χ4n) is 1.57. The summed E-state index contributed by atoms with van der Waals surface area (Å²) in [4.78, 5) is 22.8. The smallest absolute Gasteiger partial charge is 0.341 e. The molecular weight excluding hydrogens is 224 g/mol. The van der Waals surface area contributed by atoms with Crippen molar-refractivity contribution in [3.8, 4) is 5.75 Å². The Hall–Kier alpha value is -2.04. The van der Waals surface area contributed by atoms with E-state index in [1.165, 1.54) is 26.4 Å². The lowest BCUT2D eigenvalue weighted by molar-refractivity contribution is 0.0582. The van der Waals surface area contributed by atoms with Gasteiger partial charge in [-0.3, -0.25) is 0 Å². The Bertz CT molecular complexity index is 450. The van der Waals surface area contributed by atoms with Gasteiger partial charge in [-0.1, -0.05) is 6.92 Å². The van der Waals surface area contributed by atoms with E-state index in [0.29, 0.717) is 12.0 Å². The number of esters is 2. The van der Waals surface area contributed by atoms with Gasteiger partial charge in [0, 0.05) is 5.56 Å². The molecule has 0 saturated carbocycles. The summed E-state index contributed by atoms with van der Waals surface area (Å²) < 4.78 is 9.12. The molecule has 0 saturated heterocycles. The number of rotatable bonds is 3. The number of hydrogen-bond acceptors (Lipinski definition) is 5. The van der Waals surface area contributed by atoms with Crippen molar-refractivity contribution >= 4 is 11.9 Å². The minimum Gasteiger partial charge on any atom is -0.507 e. The molecule has 92 valence electrons. The predicted molar refractivity (Wildman–Crippen MR) is 60.2 cm³/mol. The summed E-state index contributed by atoms with van der Waals surface area (Å²) in [6.45, 7) is 1.77. The van der Waals surface area contributed by atoms with E-state index in [9.17, 15) is 14.7 Å². The molecule has 0 bridgehead atoms. The lowest BCUT2D eigenvalue weighted by Crippen LogP contribution is -2.09. The molecule has 0 aliphatic carbocycles. The summed E-state index contributed by atoms with van der Waals surface area (Å²) in [7, 11) is 2.48. The Kier molecular flexibility index (Phi) is 4.09. The molecule has 0 heterocycles. The van der Waals surface area contributed by atoms with Gasteiger partial charge in [0.25, 0.3) is 0 Å². The molecule has 0 spiro atoms. The molecule has 17 heavy (non-hydrogen) atoms. The van der Waals surface area contributed by atoms with E-state index in [1.807, 2.05) is 0 Å². The second kappa shape index (κ2) is 5.34. The topological polar surface area (TPSA) is 72.8 Å². The molecule has 0 aromatic heterocycles.